The Morgan fingerprint density at radius 1 is 1.30 bits per heavy atom. The first-order chi connectivity index (χ1) is 10.5. The second-order valence-corrected chi connectivity index (χ2v) is 6.67. The first kappa shape index (κ1) is 15.8. The molecule has 5 nitrogen and oxygen atoms in total. The molecule has 2 heterocycles. The molecule has 8 heteroatoms. The summed E-state index contributed by atoms with van der Waals surface area (Å²) < 4.78 is 45.0. The molecule has 2 aliphatic heterocycles. The van der Waals surface area contributed by atoms with Gasteiger partial charge in [-0.05, 0) is 39.0 Å². The molecule has 1 aromatic rings. The molecule has 0 saturated carbocycles. The zero-order chi connectivity index (χ0) is 17.2. The van der Waals surface area contributed by atoms with Gasteiger partial charge in [0, 0.05) is 0 Å². The molecular weight excluding hydrogens is 311 g/mol. The van der Waals surface area contributed by atoms with Gasteiger partial charge in [0.1, 0.15) is 11.4 Å². The fraction of sp³-hybridized carbons (Fsp3) is 0.533. The SMILES string of the molecule is CC1(C)Oc2ccc(C(F)(F)F)cc2N2CN(C(N)=O)CC21C. The summed E-state index contributed by atoms with van der Waals surface area (Å²) in [7, 11) is 0. The maximum Gasteiger partial charge on any atom is 0.416 e. The van der Waals surface area contributed by atoms with Crippen molar-refractivity contribution in [3.8, 4) is 5.75 Å². The second kappa shape index (κ2) is 4.46. The highest BCUT2D eigenvalue weighted by Gasteiger charge is 2.57. The Kier molecular flexibility index (Phi) is 3.05. The highest BCUT2D eigenvalue weighted by Crippen LogP contribution is 2.50. The van der Waals surface area contributed by atoms with E-state index in [-0.39, 0.29) is 13.2 Å². The third-order valence-corrected chi connectivity index (χ3v) is 4.96. The van der Waals surface area contributed by atoms with E-state index in [2.05, 4.69) is 0 Å². The topological polar surface area (TPSA) is 58.8 Å². The lowest BCUT2D eigenvalue weighted by Crippen LogP contribution is -2.64. The van der Waals surface area contributed by atoms with Crippen LogP contribution in [0.2, 0.25) is 0 Å². The molecule has 23 heavy (non-hydrogen) atoms. The van der Waals surface area contributed by atoms with Gasteiger partial charge in [0.15, 0.2) is 0 Å². The van der Waals surface area contributed by atoms with Crippen LogP contribution in [0.15, 0.2) is 18.2 Å². The number of ether oxygens (including phenoxy) is 1. The van der Waals surface area contributed by atoms with Crippen LogP contribution in [0.5, 0.6) is 5.75 Å². The Morgan fingerprint density at radius 3 is 2.52 bits per heavy atom. The molecule has 1 fully saturated rings. The number of anilines is 1. The van der Waals surface area contributed by atoms with Gasteiger partial charge in [-0.3, -0.25) is 0 Å². The molecular formula is C15H18F3N3O2. The van der Waals surface area contributed by atoms with Crippen molar-refractivity contribution in [2.45, 2.75) is 38.1 Å². The van der Waals surface area contributed by atoms with Crippen molar-refractivity contribution in [3.05, 3.63) is 23.8 Å². The molecule has 2 amide bonds. The van der Waals surface area contributed by atoms with E-state index >= 15 is 0 Å². The van der Waals surface area contributed by atoms with Crippen molar-refractivity contribution in [2.75, 3.05) is 18.1 Å². The summed E-state index contributed by atoms with van der Waals surface area (Å²) in [4.78, 5) is 14.7. The van der Waals surface area contributed by atoms with E-state index < -0.39 is 28.9 Å². The van der Waals surface area contributed by atoms with E-state index in [0.717, 1.165) is 12.1 Å². The van der Waals surface area contributed by atoms with Crippen LogP contribution < -0.4 is 15.4 Å². The van der Waals surface area contributed by atoms with Gasteiger partial charge in [0.2, 0.25) is 0 Å². The van der Waals surface area contributed by atoms with Crippen molar-refractivity contribution >= 4 is 11.7 Å². The lowest BCUT2D eigenvalue weighted by Gasteiger charge is -2.51. The Hall–Kier alpha value is -2.12. The monoisotopic (exact) mass is 329 g/mol. The summed E-state index contributed by atoms with van der Waals surface area (Å²) in [5, 5.41) is 0. The van der Waals surface area contributed by atoms with E-state index in [9.17, 15) is 18.0 Å². The van der Waals surface area contributed by atoms with Gasteiger partial charge >= 0.3 is 12.2 Å². The number of halogens is 3. The van der Waals surface area contributed by atoms with E-state index in [1.54, 1.807) is 4.90 Å². The number of rotatable bonds is 0. The predicted octanol–water partition coefficient (Wildman–Crippen LogP) is 2.79. The van der Waals surface area contributed by atoms with E-state index in [1.165, 1.54) is 11.0 Å². The maximum atomic E-state index is 13.0. The number of amides is 2. The van der Waals surface area contributed by atoms with Gasteiger partial charge in [0.05, 0.1) is 30.0 Å². The molecule has 3 rings (SSSR count). The number of primary amides is 1. The Balaban J connectivity index is 2.13. The third-order valence-electron chi connectivity index (χ3n) is 4.96. The summed E-state index contributed by atoms with van der Waals surface area (Å²) in [5.41, 5.74) is 3.55. The average molecular weight is 329 g/mol. The third kappa shape index (κ3) is 2.19. The smallest absolute Gasteiger partial charge is 0.416 e. The molecule has 0 aliphatic carbocycles. The van der Waals surface area contributed by atoms with Crippen molar-refractivity contribution in [1.82, 2.24) is 4.90 Å². The Bertz CT molecular complexity index is 674. The maximum absolute atomic E-state index is 13.0. The minimum atomic E-state index is -4.44. The fourth-order valence-electron chi connectivity index (χ4n) is 3.21. The summed E-state index contributed by atoms with van der Waals surface area (Å²) in [5.74, 6) is 0.367. The lowest BCUT2D eigenvalue weighted by atomic mass is 9.81. The minimum Gasteiger partial charge on any atom is -0.483 e. The van der Waals surface area contributed by atoms with Gasteiger partial charge in [-0.1, -0.05) is 0 Å². The molecule has 1 aromatic carbocycles. The number of urea groups is 1. The molecule has 1 unspecified atom stereocenters. The highest BCUT2D eigenvalue weighted by atomic mass is 19.4. The number of fused-ring (bicyclic) bond motifs is 3. The molecule has 126 valence electrons. The molecule has 0 aromatic heterocycles. The van der Waals surface area contributed by atoms with E-state index in [4.69, 9.17) is 10.5 Å². The summed E-state index contributed by atoms with van der Waals surface area (Å²) in [6.45, 7) is 5.98. The van der Waals surface area contributed by atoms with Crippen LogP contribution in [-0.4, -0.2) is 35.3 Å². The molecule has 0 bridgehead atoms. The first-order valence-corrected chi connectivity index (χ1v) is 7.18. The summed E-state index contributed by atoms with van der Waals surface area (Å²) >= 11 is 0. The molecule has 2 aliphatic rings. The van der Waals surface area contributed by atoms with Gasteiger partial charge in [-0.2, -0.15) is 13.2 Å². The average Bonchev–Trinajstić information content (AvgIpc) is 2.77. The number of alkyl halides is 3. The Labute approximate surface area is 131 Å². The predicted molar refractivity (Wildman–Crippen MR) is 78.2 cm³/mol. The number of carbonyl (C=O) groups is 1. The number of benzene rings is 1. The van der Waals surface area contributed by atoms with Crippen molar-refractivity contribution in [2.24, 2.45) is 5.73 Å². The summed E-state index contributed by atoms with van der Waals surface area (Å²) in [6, 6.07) is 2.78. The van der Waals surface area contributed by atoms with Crippen molar-refractivity contribution in [1.29, 1.82) is 0 Å². The second-order valence-electron chi connectivity index (χ2n) is 6.67. The zero-order valence-corrected chi connectivity index (χ0v) is 13.1. The first-order valence-electron chi connectivity index (χ1n) is 7.18. The van der Waals surface area contributed by atoms with E-state index in [0.29, 0.717) is 11.4 Å². The van der Waals surface area contributed by atoms with Crippen molar-refractivity contribution < 1.29 is 22.7 Å². The van der Waals surface area contributed by atoms with Gasteiger partial charge in [-0.25, -0.2) is 4.79 Å². The molecule has 1 atom stereocenters. The molecule has 1 saturated heterocycles. The van der Waals surface area contributed by atoms with Gasteiger partial charge < -0.3 is 20.3 Å². The lowest BCUT2D eigenvalue weighted by molar-refractivity contribution is -0.137. The largest absolute Gasteiger partial charge is 0.483 e. The Morgan fingerprint density at radius 2 is 1.96 bits per heavy atom. The standard InChI is InChI=1S/C15H18F3N3O2/c1-13(2)14(3)7-20(12(19)22)8-21(14)10-6-9(15(16,17)18)4-5-11(10)23-13/h4-6H,7-8H2,1-3H3,(H2,19,22). The van der Waals surface area contributed by atoms with Crippen LogP contribution in [0.3, 0.4) is 0 Å². The number of hydrogen-bond donors (Lipinski definition) is 1. The number of carbonyl (C=O) groups excluding carboxylic acids is 1. The van der Waals surface area contributed by atoms with Crippen LogP contribution in [0, 0.1) is 0 Å². The molecule has 2 N–H and O–H groups in total. The molecule has 0 spiro atoms. The number of hydrogen-bond acceptors (Lipinski definition) is 3. The van der Waals surface area contributed by atoms with Crippen LogP contribution >= 0.6 is 0 Å². The van der Waals surface area contributed by atoms with Gasteiger partial charge in [0.25, 0.3) is 0 Å². The van der Waals surface area contributed by atoms with Crippen molar-refractivity contribution in [3.63, 3.8) is 0 Å². The normalized spacial score (nSPS) is 25.7. The zero-order valence-electron chi connectivity index (χ0n) is 13.1. The van der Waals surface area contributed by atoms with Crippen LogP contribution in [0.25, 0.3) is 0 Å². The van der Waals surface area contributed by atoms with E-state index in [1.807, 2.05) is 20.8 Å². The van der Waals surface area contributed by atoms with Gasteiger partial charge in [-0.15, -0.1) is 0 Å². The number of nitrogens with zero attached hydrogens (tertiary/aromatic N) is 2. The van der Waals surface area contributed by atoms with Crippen LogP contribution in [0.1, 0.15) is 26.3 Å². The minimum absolute atomic E-state index is 0.132. The fourth-order valence-corrected chi connectivity index (χ4v) is 3.21. The van der Waals surface area contributed by atoms with Crippen LogP contribution in [0.4, 0.5) is 23.7 Å². The summed E-state index contributed by atoms with van der Waals surface area (Å²) in [6.07, 6.45) is -4.44. The highest BCUT2D eigenvalue weighted by molar-refractivity contribution is 5.75. The molecule has 0 radical (unpaired) electrons. The van der Waals surface area contributed by atoms with Crippen LogP contribution in [-0.2, 0) is 6.18 Å². The quantitative estimate of drug-likeness (QED) is 0.796. The number of nitrogens with two attached hydrogens (primary N) is 1.